The molecule has 1 saturated heterocycles. The zero-order valence-electron chi connectivity index (χ0n) is 9.19. The van der Waals surface area contributed by atoms with Gasteiger partial charge < -0.3 is 9.80 Å². The van der Waals surface area contributed by atoms with Crippen LogP contribution in [0.3, 0.4) is 0 Å². The van der Waals surface area contributed by atoms with Crippen molar-refractivity contribution in [2.75, 3.05) is 19.6 Å². The second-order valence-corrected chi connectivity index (χ2v) is 4.68. The van der Waals surface area contributed by atoms with Crippen LogP contribution in [0.5, 0.6) is 0 Å². The Bertz CT molecular complexity index is 263. The Labute approximate surface area is 90.2 Å². The number of nitrogens with zero attached hydrogens (tertiary/aromatic N) is 2. The Morgan fingerprint density at radius 2 is 2.13 bits per heavy atom. The van der Waals surface area contributed by atoms with Crippen LogP contribution in [0.15, 0.2) is 0 Å². The van der Waals surface area contributed by atoms with Gasteiger partial charge in [-0.3, -0.25) is 9.59 Å². The van der Waals surface area contributed by atoms with Crippen molar-refractivity contribution in [3.05, 3.63) is 0 Å². The average Bonchev–Trinajstić information content (AvgIpc) is 3.01. The van der Waals surface area contributed by atoms with Gasteiger partial charge in [-0.25, -0.2) is 0 Å². The maximum absolute atomic E-state index is 11.9. The van der Waals surface area contributed by atoms with Crippen LogP contribution in [-0.2, 0) is 9.59 Å². The van der Waals surface area contributed by atoms with Gasteiger partial charge in [-0.05, 0) is 25.7 Å². The molecule has 0 aromatic carbocycles. The quantitative estimate of drug-likeness (QED) is 0.636. The number of carbonyl (C=O) groups excluding carboxylic acids is 2. The summed E-state index contributed by atoms with van der Waals surface area (Å²) in [7, 11) is 0. The molecule has 1 atom stereocenters. The van der Waals surface area contributed by atoms with Crippen LogP contribution in [0, 0.1) is 5.92 Å². The summed E-state index contributed by atoms with van der Waals surface area (Å²) in [5, 5.41) is 0. The zero-order chi connectivity index (χ0) is 10.8. The lowest BCUT2D eigenvalue weighted by Gasteiger charge is -2.38. The first-order valence-electron chi connectivity index (χ1n) is 5.69. The molecule has 1 unspecified atom stereocenters. The molecule has 0 aromatic rings. The lowest BCUT2D eigenvalue weighted by Crippen LogP contribution is -2.53. The van der Waals surface area contributed by atoms with Gasteiger partial charge in [0, 0.05) is 32.1 Å². The van der Waals surface area contributed by atoms with E-state index in [4.69, 9.17) is 0 Å². The number of hydrogen-bond donors (Lipinski definition) is 0. The van der Waals surface area contributed by atoms with E-state index in [1.807, 2.05) is 11.8 Å². The highest BCUT2D eigenvalue weighted by Gasteiger charge is 2.31. The van der Waals surface area contributed by atoms with Crippen molar-refractivity contribution in [3.63, 3.8) is 0 Å². The minimum Gasteiger partial charge on any atom is -0.341 e. The Morgan fingerprint density at radius 1 is 1.40 bits per heavy atom. The van der Waals surface area contributed by atoms with Gasteiger partial charge in [0.05, 0.1) is 0 Å². The van der Waals surface area contributed by atoms with Crippen LogP contribution in [0.4, 0.5) is 0 Å². The molecule has 84 valence electrons. The predicted molar refractivity (Wildman–Crippen MR) is 56.2 cm³/mol. The first-order chi connectivity index (χ1) is 7.20. The van der Waals surface area contributed by atoms with E-state index in [9.17, 15) is 9.59 Å². The third-order valence-electron chi connectivity index (χ3n) is 3.29. The molecule has 15 heavy (non-hydrogen) atoms. The standard InChI is InChI=1S/C11H18N2O2/c1-9-7-12(8-14)4-5-13(9)11(15)6-10-2-3-10/h8-10H,2-7H2,1H3. The molecule has 0 bridgehead atoms. The van der Waals surface area contributed by atoms with Crippen LogP contribution in [0.2, 0.25) is 0 Å². The first kappa shape index (κ1) is 10.5. The van der Waals surface area contributed by atoms with E-state index >= 15 is 0 Å². The SMILES string of the molecule is CC1CN(C=O)CCN1C(=O)CC1CC1. The second kappa shape index (κ2) is 4.21. The Kier molecular flexibility index (Phi) is 2.93. The van der Waals surface area contributed by atoms with Gasteiger partial charge in [-0.1, -0.05) is 0 Å². The monoisotopic (exact) mass is 210 g/mol. The van der Waals surface area contributed by atoms with Gasteiger partial charge in [0.25, 0.3) is 0 Å². The molecule has 2 aliphatic rings. The molecule has 0 spiro atoms. The van der Waals surface area contributed by atoms with E-state index < -0.39 is 0 Å². The molecule has 0 N–H and O–H groups in total. The second-order valence-electron chi connectivity index (χ2n) is 4.68. The van der Waals surface area contributed by atoms with Gasteiger partial charge in [0.15, 0.2) is 0 Å². The van der Waals surface area contributed by atoms with E-state index in [2.05, 4.69) is 0 Å². The molecule has 1 heterocycles. The molecule has 2 fully saturated rings. The molecule has 0 radical (unpaired) electrons. The highest BCUT2D eigenvalue weighted by Crippen LogP contribution is 2.33. The number of piperazine rings is 1. The van der Waals surface area contributed by atoms with Crippen molar-refractivity contribution in [1.82, 2.24) is 9.80 Å². The maximum atomic E-state index is 11.9. The molecule has 2 rings (SSSR count). The normalized spacial score (nSPS) is 26.6. The Morgan fingerprint density at radius 3 is 2.67 bits per heavy atom. The van der Waals surface area contributed by atoms with E-state index in [0.29, 0.717) is 32.0 Å². The van der Waals surface area contributed by atoms with Crippen molar-refractivity contribution < 1.29 is 9.59 Å². The lowest BCUT2D eigenvalue weighted by molar-refractivity contribution is -0.138. The van der Waals surface area contributed by atoms with Gasteiger partial charge in [-0.15, -0.1) is 0 Å². The van der Waals surface area contributed by atoms with Crippen LogP contribution < -0.4 is 0 Å². The summed E-state index contributed by atoms with van der Waals surface area (Å²) in [6, 6.07) is 0.176. The van der Waals surface area contributed by atoms with Crippen LogP contribution in [-0.4, -0.2) is 47.8 Å². The highest BCUT2D eigenvalue weighted by molar-refractivity contribution is 5.77. The van der Waals surface area contributed by atoms with Crippen molar-refractivity contribution in [3.8, 4) is 0 Å². The van der Waals surface area contributed by atoms with Crippen LogP contribution >= 0.6 is 0 Å². The third kappa shape index (κ3) is 2.49. The summed E-state index contributed by atoms with van der Waals surface area (Å²) in [6.45, 7) is 4.08. The summed E-state index contributed by atoms with van der Waals surface area (Å²) in [5.74, 6) is 0.921. The molecule has 4 nitrogen and oxygen atoms in total. The number of rotatable bonds is 3. The molecule has 1 saturated carbocycles. The lowest BCUT2D eigenvalue weighted by atomic mass is 10.1. The van der Waals surface area contributed by atoms with E-state index in [1.165, 1.54) is 12.8 Å². The average molecular weight is 210 g/mol. The number of hydrogen-bond acceptors (Lipinski definition) is 2. The van der Waals surface area contributed by atoms with Gasteiger partial charge in [0.2, 0.25) is 12.3 Å². The molecular weight excluding hydrogens is 192 g/mol. The summed E-state index contributed by atoms with van der Waals surface area (Å²) < 4.78 is 0. The van der Waals surface area contributed by atoms with Crippen LogP contribution in [0.1, 0.15) is 26.2 Å². The summed E-state index contributed by atoms with van der Waals surface area (Å²) >= 11 is 0. The van der Waals surface area contributed by atoms with Gasteiger partial charge in [-0.2, -0.15) is 0 Å². The zero-order valence-corrected chi connectivity index (χ0v) is 9.19. The van der Waals surface area contributed by atoms with E-state index in [-0.39, 0.29) is 11.9 Å². The Hall–Kier alpha value is -1.06. The Balaban J connectivity index is 1.86. The van der Waals surface area contributed by atoms with E-state index in [0.717, 1.165) is 6.41 Å². The smallest absolute Gasteiger partial charge is 0.223 e. The third-order valence-corrected chi connectivity index (χ3v) is 3.29. The molecule has 2 amide bonds. The van der Waals surface area contributed by atoms with E-state index in [1.54, 1.807) is 4.90 Å². The highest BCUT2D eigenvalue weighted by atomic mass is 16.2. The minimum atomic E-state index is 0.176. The van der Waals surface area contributed by atoms with Gasteiger partial charge >= 0.3 is 0 Å². The molecular formula is C11H18N2O2. The fourth-order valence-corrected chi connectivity index (χ4v) is 2.14. The predicted octanol–water partition coefficient (Wildman–Crippen LogP) is 0.476. The fourth-order valence-electron chi connectivity index (χ4n) is 2.14. The topological polar surface area (TPSA) is 40.6 Å². The van der Waals surface area contributed by atoms with Crippen molar-refractivity contribution >= 4 is 12.3 Å². The fraction of sp³-hybridized carbons (Fsp3) is 0.818. The summed E-state index contributed by atoms with van der Waals surface area (Å²) in [5.41, 5.74) is 0. The minimum absolute atomic E-state index is 0.176. The maximum Gasteiger partial charge on any atom is 0.223 e. The molecule has 1 aliphatic carbocycles. The van der Waals surface area contributed by atoms with Crippen molar-refractivity contribution in [2.45, 2.75) is 32.2 Å². The summed E-state index contributed by atoms with van der Waals surface area (Å²) in [4.78, 5) is 26.1. The first-order valence-corrected chi connectivity index (χ1v) is 5.69. The molecule has 1 aliphatic heterocycles. The van der Waals surface area contributed by atoms with Crippen molar-refractivity contribution in [2.24, 2.45) is 5.92 Å². The van der Waals surface area contributed by atoms with Crippen molar-refractivity contribution in [1.29, 1.82) is 0 Å². The molecule has 4 heteroatoms. The summed E-state index contributed by atoms with van der Waals surface area (Å²) in [6.07, 6.45) is 4.02. The number of amides is 2. The largest absolute Gasteiger partial charge is 0.341 e. The van der Waals surface area contributed by atoms with Crippen LogP contribution in [0.25, 0.3) is 0 Å². The van der Waals surface area contributed by atoms with Gasteiger partial charge in [0.1, 0.15) is 0 Å². The molecule has 0 aromatic heterocycles. The number of carbonyl (C=O) groups is 2.